The van der Waals surface area contributed by atoms with Crippen LogP contribution in [0.15, 0.2) is 16.9 Å². The molecule has 98 valence electrons. The summed E-state index contributed by atoms with van der Waals surface area (Å²) in [4.78, 5) is 14.4. The summed E-state index contributed by atoms with van der Waals surface area (Å²) >= 11 is 3.31. The Morgan fingerprint density at radius 1 is 1.61 bits per heavy atom. The summed E-state index contributed by atoms with van der Waals surface area (Å²) in [7, 11) is 0. The van der Waals surface area contributed by atoms with Gasteiger partial charge in [0, 0.05) is 18.3 Å². The minimum Gasteiger partial charge on any atom is -0.376 e. The van der Waals surface area contributed by atoms with Crippen LogP contribution in [-0.4, -0.2) is 28.5 Å². The number of halogens is 1. The highest BCUT2D eigenvalue weighted by Gasteiger charge is 2.23. The second kappa shape index (κ2) is 5.62. The molecule has 1 fully saturated rings. The van der Waals surface area contributed by atoms with Gasteiger partial charge in [-0.2, -0.15) is 0 Å². The maximum atomic E-state index is 11.0. The van der Waals surface area contributed by atoms with E-state index >= 15 is 0 Å². The molecule has 2 N–H and O–H groups in total. The lowest BCUT2D eigenvalue weighted by atomic mass is 10.0. The van der Waals surface area contributed by atoms with Gasteiger partial charge in [-0.25, -0.2) is 0 Å². The lowest BCUT2D eigenvalue weighted by Crippen LogP contribution is -2.41. The number of nitrogens with one attached hydrogen (secondary N) is 2. The number of nitrogens with zero attached hydrogens (tertiary/aromatic N) is 2. The highest BCUT2D eigenvalue weighted by atomic mass is 79.9. The van der Waals surface area contributed by atoms with E-state index < -0.39 is 4.92 Å². The van der Waals surface area contributed by atoms with Gasteiger partial charge in [0.15, 0.2) is 0 Å². The summed E-state index contributed by atoms with van der Waals surface area (Å²) in [5.41, 5.74) is 0.532. The molecule has 0 spiro atoms. The predicted octanol–water partition coefficient (Wildman–Crippen LogP) is 2.30. The molecule has 2 atom stereocenters. The van der Waals surface area contributed by atoms with Gasteiger partial charge in [-0.3, -0.25) is 15.1 Å². The van der Waals surface area contributed by atoms with Gasteiger partial charge in [-0.15, -0.1) is 0 Å². The third-order valence-electron chi connectivity index (χ3n) is 3.05. The molecular formula is C11H15BrN4O2. The smallest absolute Gasteiger partial charge is 0.311 e. The standard InChI is InChI=1S/C11H15BrN4O2/c1-7-4-8(2-3-14-7)15-11-9(12)5-13-6-10(11)16(17)18/h5-8,14H,2-4H2,1H3,(H,13,15). The minimum atomic E-state index is -0.412. The van der Waals surface area contributed by atoms with E-state index in [1.807, 2.05) is 0 Å². The fourth-order valence-corrected chi connectivity index (χ4v) is 2.61. The Morgan fingerprint density at radius 3 is 3.06 bits per heavy atom. The second-order valence-corrected chi connectivity index (χ2v) is 5.35. The van der Waals surface area contributed by atoms with Crippen molar-refractivity contribution in [3.8, 4) is 0 Å². The van der Waals surface area contributed by atoms with Crippen LogP contribution in [0.4, 0.5) is 11.4 Å². The molecule has 0 aromatic carbocycles. The highest BCUT2D eigenvalue weighted by Crippen LogP contribution is 2.32. The molecule has 2 unspecified atom stereocenters. The van der Waals surface area contributed by atoms with Crippen molar-refractivity contribution in [1.82, 2.24) is 10.3 Å². The molecule has 0 radical (unpaired) electrons. The third-order valence-corrected chi connectivity index (χ3v) is 3.65. The van der Waals surface area contributed by atoms with Crippen LogP contribution in [-0.2, 0) is 0 Å². The molecule has 0 bridgehead atoms. The number of hydrogen-bond acceptors (Lipinski definition) is 5. The number of aromatic nitrogens is 1. The summed E-state index contributed by atoms with van der Waals surface area (Å²) in [6, 6.07) is 0.676. The first-order valence-electron chi connectivity index (χ1n) is 5.85. The normalized spacial score (nSPS) is 23.7. The monoisotopic (exact) mass is 314 g/mol. The molecule has 18 heavy (non-hydrogen) atoms. The van der Waals surface area contributed by atoms with E-state index in [1.54, 1.807) is 6.20 Å². The van der Waals surface area contributed by atoms with E-state index in [4.69, 9.17) is 0 Å². The second-order valence-electron chi connectivity index (χ2n) is 4.49. The Bertz CT molecular complexity index is 455. The van der Waals surface area contributed by atoms with Crippen molar-refractivity contribution < 1.29 is 4.92 Å². The Morgan fingerprint density at radius 2 is 2.39 bits per heavy atom. The minimum absolute atomic E-state index is 0.00978. The highest BCUT2D eigenvalue weighted by molar-refractivity contribution is 9.10. The number of pyridine rings is 1. The van der Waals surface area contributed by atoms with Crippen LogP contribution in [0.3, 0.4) is 0 Å². The van der Waals surface area contributed by atoms with Crippen molar-refractivity contribution in [2.24, 2.45) is 0 Å². The van der Waals surface area contributed by atoms with Crippen LogP contribution in [0.5, 0.6) is 0 Å². The van der Waals surface area contributed by atoms with Crippen LogP contribution in [0.25, 0.3) is 0 Å². The Balaban J connectivity index is 2.20. The number of hydrogen-bond donors (Lipinski definition) is 2. The maximum absolute atomic E-state index is 11.0. The molecule has 1 aliphatic rings. The van der Waals surface area contributed by atoms with E-state index in [0.29, 0.717) is 16.2 Å². The van der Waals surface area contributed by atoms with Crippen LogP contribution < -0.4 is 10.6 Å². The first kappa shape index (κ1) is 13.2. The molecular weight excluding hydrogens is 300 g/mol. The Hall–Kier alpha value is -1.21. The summed E-state index contributed by atoms with van der Waals surface area (Å²) < 4.78 is 0.628. The Kier molecular flexibility index (Phi) is 4.13. The average Bonchev–Trinajstić information content (AvgIpc) is 2.31. The first-order chi connectivity index (χ1) is 8.58. The first-order valence-corrected chi connectivity index (χ1v) is 6.65. The van der Waals surface area contributed by atoms with Gasteiger partial charge in [0.25, 0.3) is 0 Å². The third kappa shape index (κ3) is 2.97. The molecule has 1 aliphatic heterocycles. The van der Waals surface area contributed by atoms with Gasteiger partial charge in [-0.05, 0) is 42.2 Å². The molecule has 6 nitrogen and oxygen atoms in total. The van der Waals surface area contributed by atoms with Gasteiger partial charge >= 0.3 is 5.69 Å². The Labute approximate surface area is 113 Å². The van der Waals surface area contributed by atoms with Crippen molar-refractivity contribution >= 4 is 27.3 Å². The summed E-state index contributed by atoms with van der Waals surface area (Å²) in [5, 5.41) is 17.6. The zero-order chi connectivity index (χ0) is 13.1. The molecule has 0 aliphatic carbocycles. The lowest BCUT2D eigenvalue weighted by molar-refractivity contribution is -0.384. The number of piperidine rings is 1. The molecule has 1 saturated heterocycles. The van der Waals surface area contributed by atoms with Gasteiger partial charge < -0.3 is 10.6 Å². The molecule has 7 heteroatoms. The summed E-state index contributed by atoms with van der Waals surface area (Å²) in [5.74, 6) is 0. The predicted molar refractivity (Wildman–Crippen MR) is 72.7 cm³/mol. The van der Waals surface area contributed by atoms with Gasteiger partial charge in [0.1, 0.15) is 11.9 Å². The molecule has 0 saturated carbocycles. The fourth-order valence-electron chi connectivity index (χ4n) is 2.17. The summed E-state index contributed by atoms with van der Waals surface area (Å²) in [6.45, 7) is 3.04. The zero-order valence-electron chi connectivity index (χ0n) is 10.0. The summed E-state index contributed by atoms with van der Waals surface area (Å²) in [6.07, 6.45) is 4.75. The van der Waals surface area contributed by atoms with Crippen molar-refractivity contribution in [3.05, 3.63) is 27.0 Å². The van der Waals surface area contributed by atoms with Gasteiger partial charge in [-0.1, -0.05) is 0 Å². The van der Waals surface area contributed by atoms with E-state index in [-0.39, 0.29) is 11.7 Å². The van der Waals surface area contributed by atoms with Crippen LogP contribution in [0.2, 0.25) is 0 Å². The van der Waals surface area contributed by atoms with Crippen molar-refractivity contribution in [2.75, 3.05) is 11.9 Å². The molecule has 1 aromatic rings. The largest absolute Gasteiger partial charge is 0.376 e. The number of nitro groups is 1. The van der Waals surface area contributed by atoms with Crippen LogP contribution in [0.1, 0.15) is 19.8 Å². The zero-order valence-corrected chi connectivity index (χ0v) is 11.6. The maximum Gasteiger partial charge on any atom is 0.311 e. The number of anilines is 1. The van der Waals surface area contributed by atoms with Crippen LogP contribution in [0, 0.1) is 10.1 Å². The lowest BCUT2D eigenvalue weighted by Gasteiger charge is -2.29. The molecule has 2 heterocycles. The van der Waals surface area contributed by atoms with Crippen molar-refractivity contribution in [3.63, 3.8) is 0 Å². The van der Waals surface area contributed by atoms with E-state index in [2.05, 4.69) is 38.5 Å². The van der Waals surface area contributed by atoms with Gasteiger partial charge in [0.2, 0.25) is 0 Å². The topological polar surface area (TPSA) is 80.1 Å². The SMILES string of the molecule is CC1CC(Nc2c(Br)cncc2[N+](=O)[O-])CCN1. The average molecular weight is 315 g/mol. The van der Waals surface area contributed by atoms with Crippen molar-refractivity contribution in [2.45, 2.75) is 31.8 Å². The molecule has 0 amide bonds. The van der Waals surface area contributed by atoms with E-state index in [9.17, 15) is 10.1 Å². The fraction of sp³-hybridized carbons (Fsp3) is 0.545. The van der Waals surface area contributed by atoms with E-state index in [0.717, 1.165) is 19.4 Å². The molecule has 1 aromatic heterocycles. The van der Waals surface area contributed by atoms with Crippen LogP contribution >= 0.6 is 15.9 Å². The molecule has 2 rings (SSSR count). The van der Waals surface area contributed by atoms with Gasteiger partial charge in [0.05, 0.1) is 9.40 Å². The number of rotatable bonds is 3. The van der Waals surface area contributed by atoms with Crippen molar-refractivity contribution in [1.29, 1.82) is 0 Å². The quantitative estimate of drug-likeness (QED) is 0.661. The van der Waals surface area contributed by atoms with E-state index in [1.165, 1.54) is 6.20 Å².